The van der Waals surface area contributed by atoms with Gasteiger partial charge in [-0.2, -0.15) is 0 Å². The lowest BCUT2D eigenvalue weighted by Gasteiger charge is -2.27. The molecule has 0 saturated carbocycles. The van der Waals surface area contributed by atoms with Crippen molar-refractivity contribution in [3.8, 4) is 0 Å². The third-order valence-corrected chi connectivity index (χ3v) is 2.44. The monoisotopic (exact) mass is 127 g/mol. The molecule has 2 aliphatic rings. The SMILES string of the molecule is CN1C[C@]2(N)C[C@H]1CN2. The molecule has 0 aliphatic carbocycles. The van der Waals surface area contributed by atoms with Gasteiger partial charge in [0.05, 0.1) is 5.66 Å². The van der Waals surface area contributed by atoms with Gasteiger partial charge in [0.1, 0.15) is 0 Å². The quantitative estimate of drug-likeness (QED) is 0.436. The fourth-order valence-electron chi connectivity index (χ4n) is 1.89. The molecule has 2 fully saturated rings. The van der Waals surface area contributed by atoms with Crippen molar-refractivity contribution in [2.24, 2.45) is 5.73 Å². The molecule has 0 aromatic heterocycles. The number of likely N-dealkylation sites (N-methyl/N-ethyl adjacent to an activating group) is 1. The van der Waals surface area contributed by atoms with E-state index in [2.05, 4.69) is 17.3 Å². The Balaban J connectivity index is 2.19. The molecule has 0 aromatic rings. The summed E-state index contributed by atoms with van der Waals surface area (Å²) in [6, 6.07) is 0.704. The van der Waals surface area contributed by atoms with Crippen LogP contribution < -0.4 is 11.1 Å². The number of rotatable bonds is 0. The van der Waals surface area contributed by atoms with Gasteiger partial charge in [-0.25, -0.2) is 0 Å². The molecule has 2 aliphatic heterocycles. The van der Waals surface area contributed by atoms with E-state index in [-0.39, 0.29) is 5.66 Å². The standard InChI is InChI=1S/C6H13N3/c1-9-4-6(7)2-5(9)3-8-6/h5,8H,2-4,7H2,1H3/t5-,6-/m0/s1. The highest BCUT2D eigenvalue weighted by Gasteiger charge is 2.44. The summed E-state index contributed by atoms with van der Waals surface area (Å²) in [7, 11) is 2.14. The zero-order valence-corrected chi connectivity index (χ0v) is 5.72. The lowest BCUT2D eigenvalue weighted by molar-refractivity contribution is 0.239. The van der Waals surface area contributed by atoms with Gasteiger partial charge in [-0.1, -0.05) is 0 Å². The van der Waals surface area contributed by atoms with E-state index >= 15 is 0 Å². The van der Waals surface area contributed by atoms with Crippen LogP contribution in [-0.4, -0.2) is 36.7 Å². The van der Waals surface area contributed by atoms with Crippen molar-refractivity contribution in [2.45, 2.75) is 18.1 Å². The molecule has 2 atom stereocenters. The van der Waals surface area contributed by atoms with E-state index in [4.69, 9.17) is 5.73 Å². The van der Waals surface area contributed by atoms with Crippen LogP contribution in [0.3, 0.4) is 0 Å². The molecule has 2 heterocycles. The summed E-state index contributed by atoms with van der Waals surface area (Å²) in [6.07, 6.45) is 1.13. The molecule has 0 aromatic carbocycles. The summed E-state index contributed by atoms with van der Waals surface area (Å²) in [6.45, 7) is 2.09. The minimum absolute atomic E-state index is 0.0422. The summed E-state index contributed by atoms with van der Waals surface area (Å²) >= 11 is 0. The third-order valence-electron chi connectivity index (χ3n) is 2.44. The van der Waals surface area contributed by atoms with Gasteiger partial charge < -0.3 is 5.73 Å². The predicted octanol–water partition coefficient (Wildman–Crippen LogP) is -1.05. The smallest absolute Gasteiger partial charge is 0.0808 e. The number of piperazine rings is 1. The Kier molecular flexibility index (Phi) is 0.928. The lowest BCUT2D eigenvalue weighted by atomic mass is 10.2. The molecule has 2 rings (SSSR count). The predicted molar refractivity (Wildman–Crippen MR) is 36.0 cm³/mol. The molecule has 3 N–H and O–H groups in total. The number of hydrogen-bond donors (Lipinski definition) is 2. The summed E-state index contributed by atoms with van der Waals surface area (Å²) in [5, 5.41) is 3.30. The Morgan fingerprint density at radius 1 is 1.78 bits per heavy atom. The molecule has 3 nitrogen and oxygen atoms in total. The maximum atomic E-state index is 5.94. The van der Waals surface area contributed by atoms with E-state index in [1.165, 1.54) is 0 Å². The third kappa shape index (κ3) is 0.689. The van der Waals surface area contributed by atoms with Gasteiger partial charge in [-0.3, -0.25) is 10.2 Å². The minimum Gasteiger partial charge on any atom is -0.312 e. The number of nitrogens with one attached hydrogen (secondary N) is 1. The zero-order valence-electron chi connectivity index (χ0n) is 5.72. The lowest BCUT2D eigenvalue weighted by Crippen LogP contribution is -2.56. The van der Waals surface area contributed by atoms with Crippen molar-refractivity contribution < 1.29 is 0 Å². The largest absolute Gasteiger partial charge is 0.312 e. The number of nitrogens with two attached hydrogens (primary N) is 1. The second-order valence-corrected chi connectivity index (χ2v) is 3.31. The molecule has 52 valence electrons. The maximum Gasteiger partial charge on any atom is 0.0808 e. The van der Waals surface area contributed by atoms with Gasteiger partial charge in [0.25, 0.3) is 0 Å². The maximum absolute atomic E-state index is 5.94. The molecule has 3 heteroatoms. The van der Waals surface area contributed by atoms with Crippen LogP contribution in [0.4, 0.5) is 0 Å². The first-order valence-electron chi connectivity index (χ1n) is 3.44. The zero-order chi connectivity index (χ0) is 6.48. The summed E-state index contributed by atoms with van der Waals surface area (Å²) < 4.78 is 0. The fraction of sp³-hybridized carbons (Fsp3) is 1.00. The van der Waals surface area contributed by atoms with Crippen LogP contribution in [0.2, 0.25) is 0 Å². The Bertz CT molecular complexity index is 132. The van der Waals surface area contributed by atoms with Gasteiger partial charge in [-0.05, 0) is 13.5 Å². The van der Waals surface area contributed by atoms with Gasteiger partial charge in [0.15, 0.2) is 0 Å². The molecule has 2 saturated heterocycles. The van der Waals surface area contributed by atoms with Crippen molar-refractivity contribution >= 4 is 0 Å². The topological polar surface area (TPSA) is 41.3 Å². The number of hydrogen-bond acceptors (Lipinski definition) is 3. The van der Waals surface area contributed by atoms with Crippen LogP contribution in [-0.2, 0) is 0 Å². The summed E-state index contributed by atoms with van der Waals surface area (Å²) in [5.74, 6) is 0. The van der Waals surface area contributed by atoms with Crippen LogP contribution in [0.15, 0.2) is 0 Å². The highest BCUT2D eigenvalue weighted by Crippen LogP contribution is 2.26. The van der Waals surface area contributed by atoms with Crippen LogP contribution in [0.5, 0.6) is 0 Å². The van der Waals surface area contributed by atoms with Gasteiger partial charge in [0, 0.05) is 19.1 Å². The van der Waals surface area contributed by atoms with Crippen LogP contribution >= 0.6 is 0 Å². The van der Waals surface area contributed by atoms with Crippen molar-refractivity contribution in [2.75, 3.05) is 20.1 Å². The number of likely N-dealkylation sites (tertiary alicyclic amines) is 1. The van der Waals surface area contributed by atoms with E-state index in [1.807, 2.05) is 0 Å². The first-order valence-corrected chi connectivity index (χ1v) is 3.44. The molecule has 0 radical (unpaired) electrons. The molecular formula is C6H13N3. The van der Waals surface area contributed by atoms with Crippen molar-refractivity contribution in [1.82, 2.24) is 10.2 Å². The van der Waals surface area contributed by atoms with E-state index in [1.54, 1.807) is 0 Å². The van der Waals surface area contributed by atoms with E-state index in [0.717, 1.165) is 19.5 Å². The van der Waals surface area contributed by atoms with E-state index in [0.29, 0.717) is 6.04 Å². The first-order chi connectivity index (χ1) is 4.20. The number of fused-ring (bicyclic) bond motifs is 2. The molecule has 0 unspecified atom stereocenters. The second kappa shape index (κ2) is 1.48. The van der Waals surface area contributed by atoms with Gasteiger partial charge in [-0.15, -0.1) is 0 Å². The van der Waals surface area contributed by atoms with E-state index in [9.17, 15) is 0 Å². The van der Waals surface area contributed by atoms with Crippen molar-refractivity contribution in [1.29, 1.82) is 0 Å². The fourth-order valence-corrected chi connectivity index (χ4v) is 1.89. The van der Waals surface area contributed by atoms with Crippen LogP contribution in [0, 0.1) is 0 Å². The molecule has 0 amide bonds. The second-order valence-electron chi connectivity index (χ2n) is 3.31. The molecular weight excluding hydrogens is 114 g/mol. The molecule has 9 heavy (non-hydrogen) atoms. The number of nitrogens with zero attached hydrogens (tertiary/aromatic N) is 1. The van der Waals surface area contributed by atoms with Gasteiger partial charge >= 0.3 is 0 Å². The Labute approximate surface area is 55.2 Å². The minimum atomic E-state index is -0.0422. The van der Waals surface area contributed by atoms with Crippen molar-refractivity contribution in [3.05, 3.63) is 0 Å². The Morgan fingerprint density at radius 3 is 2.78 bits per heavy atom. The summed E-state index contributed by atoms with van der Waals surface area (Å²) in [4.78, 5) is 2.33. The van der Waals surface area contributed by atoms with Crippen molar-refractivity contribution in [3.63, 3.8) is 0 Å². The highest BCUT2D eigenvalue weighted by molar-refractivity contribution is 5.04. The Hall–Kier alpha value is -0.120. The molecule has 2 bridgehead atoms. The van der Waals surface area contributed by atoms with Gasteiger partial charge in [0.2, 0.25) is 0 Å². The Morgan fingerprint density at radius 2 is 2.56 bits per heavy atom. The average Bonchev–Trinajstić information content (AvgIpc) is 2.20. The highest BCUT2D eigenvalue weighted by atomic mass is 15.3. The normalized spacial score (nSPS) is 50.7. The average molecular weight is 127 g/mol. The van der Waals surface area contributed by atoms with Crippen LogP contribution in [0.1, 0.15) is 6.42 Å². The molecule has 0 spiro atoms. The van der Waals surface area contributed by atoms with E-state index < -0.39 is 0 Å². The first kappa shape index (κ1) is 5.65. The summed E-state index contributed by atoms with van der Waals surface area (Å²) in [5.41, 5.74) is 5.90. The van der Waals surface area contributed by atoms with Crippen LogP contribution in [0.25, 0.3) is 0 Å².